The Morgan fingerprint density at radius 3 is 2.65 bits per heavy atom. The molecule has 26 heavy (non-hydrogen) atoms. The van der Waals surface area contributed by atoms with Crippen LogP contribution in [0.3, 0.4) is 0 Å². The second-order valence-corrected chi connectivity index (χ2v) is 6.00. The zero-order valence-electron chi connectivity index (χ0n) is 13.9. The minimum atomic E-state index is -1.06. The van der Waals surface area contributed by atoms with Crippen molar-refractivity contribution in [3.8, 4) is 11.3 Å². The van der Waals surface area contributed by atoms with Crippen molar-refractivity contribution >= 4 is 11.5 Å². The SMILES string of the molecule is Cc1cc(C(=O)O)nn1Cc1cccc2cc(-c3ccccc3F)nn12. The van der Waals surface area contributed by atoms with Gasteiger partial charge in [0.2, 0.25) is 0 Å². The number of fused-ring (bicyclic) bond motifs is 1. The summed E-state index contributed by atoms with van der Waals surface area (Å²) in [4.78, 5) is 11.1. The molecule has 0 atom stereocenters. The van der Waals surface area contributed by atoms with E-state index in [9.17, 15) is 9.18 Å². The first-order valence-electron chi connectivity index (χ1n) is 8.03. The van der Waals surface area contributed by atoms with Gasteiger partial charge in [0.1, 0.15) is 5.82 Å². The molecule has 3 aromatic heterocycles. The third-order valence-corrected chi connectivity index (χ3v) is 4.23. The molecule has 0 aliphatic carbocycles. The first-order chi connectivity index (χ1) is 12.5. The Labute approximate surface area is 148 Å². The molecule has 130 valence electrons. The lowest BCUT2D eigenvalue weighted by Gasteiger charge is -2.07. The standard InChI is InChI=1S/C19H15FN4O2/c1-12-9-18(19(25)26)21-23(12)11-14-6-4-5-13-10-17(22-24(13)14)15-7-2-3-8-16(15)20/h2-10H,11H2,1H3,(H,25,26). The molecule has 0 aliphatic rings. The second-order valence-electron chi connectivity index (χ2n) is 6.00. The zero-order chi connectivity index (χ0) is 18.3. The molecule has 1 N–H and O–H groups in total. The fourth-order valence-corrected chi connectivity index (χ4v) is 2.92. The van der Waals surface area contributed by atoms with Gasteiger partial charge in [-0.1, -0.05) is 18.2 Å². The van der Waals surface area contributed by atoms with Crippen LogP contribution in [0.25, 0.3) is 16.8 Å². The van der Waals surface area contributed by atoms with Crippen LogP contribution in [0.4, 0.5) is 4.39 Å². The minimum absolute atomic E-state index is 0.00202. The van der Waals surface area contributed by atoms with Crippen molar-refractivity contribution in [2.24, 2.45) is 0 Å². The Bertz CT molecular complexity index is 1130. The number of carboxylic acid groups (broad SMARTS) is 1. The van der Waals surface area contributed by atoms with E-state index in [1.165, 1.54) is 12.1 Å². The topological polar surface area (TPSA) is 72.4 Å². The number of pyridine rings is 1. The Balaban J connectivity index is 1.77. The Morgan fingerprint density at radius 1 is 1.12 bits per heavy atom. The third kappa shape index (κ3) is 2.73. The van der Waals surface area contributed by atoms with Crippen molar-refractivity contribution in [3.05, 3.63) is 77.5 Å². The average Bonchev–Trinajstić information content (AvgIpc) is 3.20. The molecule has 0 aliphatic heterocycles. The monoisotopic (exact) mass is 350 g/mol. The summed E-state index contributed by atoms with van der Waals surface area (Å²) in [7, 11) is 0. The van der Waals surface area contributed by atoms with Crippen molar-refractivity contribution in [1.82, 2.24) is 19.4 Å². The zero-order valence-corrected chi connectivity index (χ0v) is 13.9. The van der Waals surface area contributed by atoms with Gasteiger partial charge in [-0.15, -0.1) is 0 Å². The van der Waals surface area contributed by atoms with E-state index in [0.29, 0.717) is 17.8 Å². The molecule has 1 aromatic carbocycles. The molecular formula is C19H15FN4O2. The maximum atomic E-state index is 14.1. The number of halogens is 1. The highest BCUT2D eigenvalue weighted by Gasteiger charge is 2.14. The van der Waals surface area contributed by atoms with Gasteiger partial charge < -0.3 is 5.11 Å². The van der Waals surface area contributed by atoms with Crippen LogP contribution in [-0.2, 0) is 6.54 Å². The summed E-state index contributed by atoms with van der Waals surface area (Å²) in [5, 5.41) is 17.7. The number of carboxylic acids is 1. The summed E-state index contributed by atoms with van der Waals surface area (Å²) < 4.78 is 17.4. The third-order valence-electron chi connectivity index (χ3n) is 4.23. The Morgan fingerprint density at radius 2 is 1.92 bits per heavy atom. The highest BCUT2D eigenvalue weighted by Crippen LogP contribution is 2.23. The summed E-state index contributed by atoms with van der Waals surface area (Å²) >= 11 is 0. The molecular weight excluding hydrogens is 335 g/mol. The lowest BCUT2D eigenvalue weighted by atomic mass is 10.1. The maximum Gasteiger partial charge on any atom is 0.356 e. The number of benzene rings is 1. The van der Waals surface area contributed by atoms with Crippen LogP contribution in [0.1, 0.15) is 21.9 Å². The maximum absolute atomic E-state index is 14.1. The molecule has 4 aromatic rings. The molecule has 0 bridgehead atoms. The highest BCUT2D eigenvalue weighted by molar-refractivity contribution is 5.85. The number of aromatic nitrogens is 4. The fraction of sp³-hybridized carbons (Fsp3) is 0.105. The number of hydrogen-bond donors (Lipinski definition) is 1. The molecule has 0 saturated carbocycles. The van der Waals surface area contributed by atoms with E-state index in [-0.39, 0.29) is 11.5 Å². The number of aromatic carboxylic acids is 1. The van der Waals surface area contributed by atoms with Crippen LogP contribution in [0, 0.1) is 12.7 Å². The fourth-order valence-electron chi connectivity index (χ4n) is 2.92. The number of carbonyl (C=O) groups is 1. The van der Waals surface area contributed by atoms with Crippen molar-refractivity contribution in [2.45, 2.75) is 13.5 Å². The van der Waals surface area contributed by atoms with Gasteiger partial charge in [-0.25, -0.2) is 13.7 Å². The predicted molar refractivity (Wildman–Crippen MR) is 93.6 cm³/mol. The lowest BCUT2D eigenvalue weighted by molar-refractivity contribution is 0.0689. The minimum Gasteiger partial charge on any atom is -0.476 e. The molecule has 0 radical (unpaired) electrons. The normalized spacial score (nSPS) is 11.2. The molecule has 7 heteroatoms. The molecule has 0 amide bonds. The van der Waals surface area contributed by atoms with Crippen LogP contribution in [0.2, 0.25) is 0 Å². The van der Waals surface area contributed by atoms with E-state index < -0.39 is 5.97 Å². The summed E-state index contributed by atoms with van der Waals surface area (Å²) in [6.07, 6.45) is 0. The van der Waals surface area contributed by atoms with Gasteiger partial charge in [-0.05, 0) is 43.3 Å². The first kappa shape index (κ1) is 16.0. The smallest absolute Gasteiger partial charge is 0.356 e. The van der Waals surface area contributed by atoms with Crippen LogP contribution < -0.4 is 0 Å². The lowest BCUT2D eigenvalue weighted by Crippen LogP contribution is -2.09. The van der Waals surface area contributed by atoms with E-state index in [0.717, 1.165) is 16.9 Å². The molecule has 6 nitrogen and oxygen atoms in total. The van der Waals surface area contributed by atoms with E-state index in [1.807, 2.05) is 24.3 Å². The molecule has 0 saturated heterocycles. The summed E-state index contributed by atoms with van der Waals surface area (Å²) in [6.45, 7) is 2.16. The van der Waals surface area contributed by atoms with E-state index >= 15 is 0 Å². The van der Waals surface area contributed by atoms with Gasteiger partial charge in [-0.2, -0.15) is 10.2 Å². The average molecular weight is 350 g/mol. The Hall–Kier alpha value is -3.48. The number of nitrogens with zero attached hydrogens (tertiary/aromatic N) is 4. The molecule has 0 fully saturated rings. The van der Waals surface area contributed by atoms with Gasteiger partial charge in [-0.3, -0.25) is 4.68 Å². The van der Waals surface area contributed by atoms with Crippen LogP contribution in [-0.4, -0.2) is 30.5 Å². The molecule has 4 rings (SSSR count). The first-order valence-corrected chi connectivity index (χ1v) is 8.03. The summed E-state index contributed by atoms with van der Waals surface area (Å²) in [5.74, 6) is -1.39. The van der Waals surface area contributed by atoms with Crippen molar-refractivity contribution in [2.75, 3.05) is 0 Å². The predicted octanol–water partition coefficient (Wildman–Crippen LogP) is 3.39. The van der Waals surface area contributed by atoms with Gasteiger partial charge in [0.05, 0.1) is 23.4 Å². The number of aryl methyl sites for hydroxylation is 1. The van der Waals surface area contributed by atoms with Crippen molar-refractivity contribution in [1.29, 1.82) is 0 Å². The van der Waals surface area contributed by atoms with E-state index in [2.05, 4.69) is 10.2 Å². The highest BCUT2D eigenvalue weighted by atomic mass is 19.1. The number of rotatable bonds is 4. The molecule has 3 heterocycles. The second kappa shape index (κ2) is 6.11. The van der Waals surface area contributed by atoms with E-state index in [4.69, 9.17) is 5.11 Å². The summed E-state index contributed by atoms with van der Waals surface area (Å²) in [5.41, 5.74) is 3.35. The van der Waals surface area contributed by atoms with Crippen LogP contribution in [0.15, 0.2) is 54.6 Å². The largest absolute Gasteiger partial charge is 0.476 e. The van der Waals surface area contributed by atoms with Gasteiger partial charge in [0.25, 0.3) is 0 Å². The summed E-state index contributed by atoms with van der Waals surface area (Å²) in [6, 6.07) is 15.5. The Kier molecular flexibility index (Phi) is 3.76. The quantitative estimate of drug-likeness (QED) is 0.612. The molecule has 0 unspecified atom stereocenters. The van der Waals surface area contributed by atoms with Crippen molar-refractivity contribution in [3.63, 3.8) is 0 Å². The van der Waals surface area contributed by atoms with Gasteiger partial charge >= 0.3 is 5.97 Å². The molecule has 0 spiro atoms. The van der Waals surface area contributed by atoms with Crippen LogP contribution >= 0.6 is 0 Å². The van der Waals surface area contributed by atoms with Gasteiger partial charge in [0, 0.05) is 11.3 Å². The number of hydrogen-bond acceptors (Lipinski definition) is 3. The van der Waals surface area contributed by atoms with Crippen LogP contribution in [0.5, 0.6) is 0 Å². The van der Waals surface area contributed by atoms with Crippen molar-refractivity contribution < 1.29 is 14.3 Å². The van der Waals surface area contributed by atoms with Gasteiger partial charge in [0.15, 0.2) is 5.69 Å². The van der Waals surface area contributed by atoms with E-state index in [1.54, 1.807) is 34.3 Å².